The highest BCUT2D eigenvalue weighted by molar-refractivity contribution is 5.76. The molecule has 2 unspecified atom stereocenters. The van der Waals surface area contributed by atoms with Gasteiger partial charge in [-0.15, -0.1) is 0 Å². The van der Waals surface area contributed by atoms with Gasteiger partial charge in [-0.05, 0) is 18.8 Å². The van der Waals surface area contributed by atoms with E-state index in [0.717, 1.165) is 6.42 Å². The van der Waals surface area contributed by atoms with E-state index in [4.69, 9.17) is 10.5 Å². The van der Waals surface area contributed by atoms with Crippen LogP contribution in [-0.4, -0.2) is 42.6 Å². The molecule has 0 bridgehead atoms. The molecule has 0 spiro atoms. The summed E-state index contributed by atoms with van der Waals surface area (Å²) < 4.78 is 5.55. The van der Waals surface area contributed by atoms with Crippen LogP contribution in [0.5, 0.6) is 0 Å². The summed E-state index contributed by atoms with van der Waals surface area (Å²) in [4.78, 5) is 13.9. The zero-order valence-electron chi connectivity index (χ0n) is 11.5. The number of morpholine rings is 1. The maximum absolute atomic E-state index is 12.0. The number of hydrogen-bond acceptors (Lipinski definition) is 3. The van der Waals surface area contributed by atoms with Crippen LogP contribution in [0.1, 0.15) is 40.5 Å². The van der Waals surface area contributed by atoms with E-state index in [1.165, 1.54) is 0 Å². The maximum Gasteiger partial charge on any atom is 0.222 e. The second-order valence-corrected chi connectivity index (χ2v) is 6.17. The summed E-state index contributed by atoms with van der Waals surface area (Å²) in [7, 11) is 0. The number of nitrogens with two attached hydrogens (primary N) is 1. The highest BCUT2D eigenvalue weighted by Crippen LogP contribution is 2.21. The lowest BCUT2D eigenvalue weighted by Crippen LogP contribution is -2.51. The first-order valence-electron chi connectivity index (χ1n) is 6.44. The van der Waals surface area contributed by atoms with Crippen LogP contribution in [0.25, 0.3) is 0 Å². The molecule has 0 saturated carbocycles. The van der Waals surface area contributed by atoms with Gasteiger partial charge in [-0.1, -0.05) is 20.8 Å². The standard InChI is InChI=1S/C13H26N2O2/c1-10(14)11-9-15(7-8-17-11)12(16)5-6-13(2,3)4/h10-11H,5-9,14H2,1-4H3. The Bertz CT molecular complexity index is 259. The van der Waals surface area contributed by atoms with E-state index in [9.17, 15) is 4.79 Å². The Morgan fingerprint density at radius 2 is 2.18 bits per heavy atom. The van der Waals surface area contributed by atoms with E-state index in [-0.39, 0.29) is 23.5 Å². The summed E-state index contributed by atoms with van der Waals surface area (Å²) in [6, 6.07) is -0.0202. The normalized spacial score (nSPS) is 23.6. The van der Waals surface area contributed by atoms with Crippen LogP contribution >= 0.6 is 0 Å². The topological polar surface area (TPSA) is 55.6 Å². The molecule has 1 heterocycles. The summed E-state index contributed by atoms with van der Waals surface area (Å²) >= 11 is 0. The molecule has 4 heteroatoms. The van der Waals surface area contributed by atoms with Gasteiger partial charge in [0.05, 0.1) is 12.7 Å². The van der Waals surface area contributed by atoms with Crippen molar-refractivity contribution in [2.45, 2.75) is 52.7 Å². The monoisotopic (exact) mass is 242 g/mol. The van der Waals surface area contributed by atoms with Gasteiger partial charge in [-0.25, -0.2) is 0 Å². The molecule has 0 aliphatic carbocycles. The summed E-state index contributed by atoms with van der Waals surface area (Å²) in [5.74, 6) is 0.230. The first kappa shape index (κ1) is 14.5. The predicted molar refractivity (Wildman–Crippen MR) is 68.7 cm³/mol. The van der Waals surface area contributed by atoms with Crippen molar-refractivity contribution in [3.63, 3.8) is 0 Å². The van der Waals surface area contributed by atoms with Gasteiger partial charge in [0.15, 0.2) is 0 Å². The lowest BCUT2D eigenvalue weighted by atomic mass is 9.90. The number of carbonyl (C=O) groups is 1. The van der Waals surface area contributed by atoms with Crippen molar-refractivity contribution in [3.8, 4) is 0 Å². The number of carbonyl (C=O) groups excluding carboxylic acids is 1. The number of amides is 1. The number of nitrogens with zero attached hydrogens (tertiary/aromatic N) is 1. The van der Waals surface area contributed by atoms with Gasteiger partial charge in [0.1, 0.15) is 0 Å². The van der Waals surface area contributed by atoms with E-state index in [0.29, 0.717) is 26.1 Å². The van der Waals surface area contributed by atoms with Gasteiger partial charge >= 0.3 is 0 Å². The lowest BCUT2D eigenvalue weighted by molar-refractivity contribution is -0.139. The smallest absolute Gasteiger partial charge is 0.222 e. The van der Waals surface area contributed by atoms with Crippen molar-refractivity contribution in [1.82, 2.24) is 4.90 Å². The second kappa shape index (κ2) is 5.83. The third kappa shape index (κ3) is 5.04. The van der Waals surface area contributed by atoms with Gasteiger partial charge < -0.3 is 15.4 Å². The Hall–Kier alpha value is -0.610. The van der Waals surface area contributed by atoms with Crippen LogP contribution in [0.15, 0.2) is 0 Å². The van der Waals surface area contributed by atoms with E-state index >= 15 is 0 Å². The van der Waals surface area contributed by atoms with E-state index in [2.05, 4.69) is 20.8 Å². The van der Waals surface area contributed by atoms with Crippen LogP contribution in [0.2, 0.25) is 0 Å². The summed E-state index contributed by atoms with van der Waals surface area (Å²) in [6.45, 7) is 10.3. The highest BCUT2D eigenvalue weighted by Gasteiger charge is 2.26. The molecule has 100 valence electrons. The van der Waals surface area contributed by atoms with Crippen molar-refractivity contribution in [3.05, 3.63) is 0 Å². The zero-order valence-corrected chi connectivity index (χ0v) is 11.5. The Morgan fingerprint density at radius 1 is 1.53 bits per heavy atom. The minimum absolute atomic E-state index is 0.0117. The van der Waals surface area contributed by atoms with Gasteiger partial charge in [0.2, 0.25) is 5.91 Å². The third-order valence-electron chi connectivity index (χ3n) is 3.12. The molecule has 4 nitrogen and oxygen atoms in total. The maximum atomic E-state index is 12.0. The molecular formula is C13H26N2O2. The molecule has 2 atom stereocenters. The average Bonchev–Trinajstić information content (AvgIpc) is 2.25. The first-order valence-corrected chi connectivity index (χ1v) is 6.44. The van der Waals surface area contributed by atoms with Gasteiger partial charge in [-0.2, -0.15) is 0 Å². The molecular weight excluding hydrogens is 216 g/mol. The molecule has 1 saturated heterocycles. The van der Waals surface area contributed by atoms with Gasteiger partial charge in [-0.3, -0.25) is 4.79 Å². The van der Waals surface area contributed by atoms with Crippen molar-refractivity contribution in [1.29, 1.82) is 0 Å². The largest absolute Gasteiger partial charge is 0.373 e. The fraction of sp³-hybridized carbons (Fsp3) is 0.923. The zero-order chi connectivity index (χ0) is 13.1. The van der Waals surface area contributed by atoms with Crippen LogP contribution in [0, 0.1) is 5.41 Å². The van der Waals surface area contributed by atoms with Crippen molar-refractivity contribution in [2.24, 2.45) is 11.1 Å². The molecule has 1 rings (SSSR count). The van der Waals surface area contributed by atoms with Crippen molar-refractivity contribution in [2.75, 3.05) is 19.7 Å². The molecule has 17 heavy (non-hydrogen) atoms. The SMILES string of the molecule is CC(N)C1CN(C(=O)CCC(C)(C)C)CCO1. The van der Waals surface area contributed by atoms with Crippen LogP contribution in [0.4, 0.5) is 0 Å². The number of hydrogen-bond donors (Lipinski definition) is 1. The van der Waals surface area contributed by atoms with Crippen LogP contribution < -0.4 is 5.73 Å². The van der Waals surface area contributed by atoms with Gasteiger partial charge in [0.25, 0.3) is 0 Å². The van der Waals surface area contributed by atoms with Crippen LogP contribution in [-0.2, 0) is 9.53 Å². The summed E-state index contributed by atoms with van der Waals surface area (Å²) in [5, 5.41) is 0. The van der Waals surface area contributed by atoms with E-state index in [1.807, 2.05) is 11.8 Å². The van der Waals surface area contributed by atoms with E-state index in [1.54, 1.807) is 0 Å². The van der Waals surface area contributed by atoms with E-state index < -0.39 is 0 Å². The van der Waals surface area contributed by atoms with Crippen LogP contribution in [0.3, 0.4) is 0 Å². The quantitative estimate of drug-likeness (QED) is 0.813. The average molecular weight is 242 g/mol. The minimum atomic E-state index is -0.0202. The van der Waals surface area contributed by atoms with Crippen molar-refractivity contribution >= 4 is 5.91 Å². The Labute approximate surface area is 104 Å². The molecule has 1 fully saturated rings. The number of ether oxygens (including phenoxy) is 1. The molecule has 0 aromatic heterocycles. The fourth-order valence-corrected chi connectivity index (χ4v) is 1.86. The summed E-state index contributed by atoms with van der Waals surface area (Å²) in [6.07, 6.45) is 1.53. The molecule has 0 radical (unpaired) electrons. The Kier molecular flexibility index (Phi) is 4.95. The molecule has 1 aliphatic rings. The van der Waals surface area contributed by atoms with Crippen molar-refractivity contribution < 1.29 is 9.53 Å². The molecule has 2 N–H and O–H groups in total. The molecule has 0 aromatic rings. The number of rotatable bonds is 3. The minimum Gasteiger partial charge on any atom is -0.373 e. The predicted octanol–water partition coefficient (Wildman–Crippen LogP) is 1.39. The van der Waals surface area contributed by atoms with Gasteiger partial charge in [0, 0.05) is 25.6 Å². The molecule has 0 aromatic carbocycles. The highest BCUT2D eigenvalue weighted by atomic mass is 16.5. The fourth-order valence-electron chi connectivity index (χ4n) is 1.86. The molecule has 1 aliphatic heterocycles. The second-order valence-electron chi connectivity index (χ2n) is 6.17. The lowest BCUT2D eigenvalue weighted by Gasteiger charge is -2.35. The Morgan fingerprint density at radius 3 is 2.71 bits per heavy atom. The summed E-state index contributed by atoms with van der Waals surface area (Å²) in [5.41, 5.74) is 6.02. The molecule has 1 amide bonds. The Balaban J connectivity index is 2.41. The third-order valence-corrected chi connectivity index (χ3v) is 3.12. The first-order chi connectivity index (χ1) is 7.79.